The summed E-state index contributed by atoms with van der Waals surface area (Å²) in [6, 6.07) is 16.8. The Hall–Kier alpha value is -2.82. The Morgan fingerprint density at radius 1 is 1.00 bits per heavy atom. The quantitative estimate of drug-likeness (QED) is 0.858. The molecule has 0 radical (unpaired) electrons. The third kappa shape index (κ3) is 3.74. The molecule has 0 heterocycles. The van der Waals surface area contributed by atoms with Gasteiger partial charge in [-0.05, 0) is 24.6 Å². The van der Waals surface area contributed by atoms with E-state index in [4.69, 9.17) is 4.74 Å². The standard InChI is InChI=1S/C19H20N2O3/c1-24-17-10-6-5-7-13(17)12-20-18(22)15-11-16(15)19(23)21-14-8-3-2-4-9-14/h2-10,15-16H,11-12H2,1H3,(H,20,22)(H,21,23). The summed E-state index contributed by atoms with van der Waals surface area (Å²) in [5.41, 5.74) is 1.67. The Bertz CT molecular complexity index is 730. The maximum Gasteiger partial charge on any atom is 0.228 e. The van der Waals surface area contributed by atoms with Crippen molar-refractivity contribution in [2.24, 2.45) is 11.8 Å². The maximum atomic E-state index is 12.2. The molecule has 1 aliphatic rings. The third-order valence-electron chi connectivity index (χ3n) is 4.15. The van der Waals surface area contributed by atoms with Crippen LogP contribution in [0.15, 0.2) is 54.6 Å². The normalized spacial score (nSPS) is 18.5. The van der Waals surface area contributed by atoms with Crippen LogP contribution in [0.5, 0.6) is 5.75 Å². The van der Waals surface area contributed by atoms with Crippen LogP contribution in [0.1, 0.15) is 12.0 Å². The van der Waals surface area contributed by atoms with Crippen LogP contribution in [-0.4, -0.2) is 18.9 Å². The van der Waals surface area contributed by atoms with Gasteiger partial charge in [-0.3, -0.25) is 9.59 Å². The van der Waals surface area contributed by atoms with Gasteiger partial charge in [-0.2, -0.15) is 0 Å². The maximum absolute atomic E-state index is 12.2. The lowest BCUT2D eigenvalue weighted by Crippen LogP contribution is -2.27. The molecular formula is C19H20N2O3. The number of anilines is 1. The van der Waals surface area contributed by atoms with Crippen molar-refractivity contribution < 1.29 is 14.3 Å². The van der Waals surface area contributed by atoms with Crippen molar-refractivity contribution >= 4 is 17.5 Å². The van der Waals surface area contributed by atoms with Crippen molar-refractivity contribution in [3.05, 3.63) is 60.2 Å². The highest BCUT2D eigenvalue weighted by atomic mass is 16.5. The molecule has 0 spiro atoms. The van der Waals surface area contributed by atoms with E-state index in [1.54, 1.807) is 7.11 Å². The van der Waals surface area contributed by atoms with E-state index >= 15 is 0 Å². The van der Waals surface area contributed by atoms with Gasteiger partial charge >= 0.3 is 0 Å². The molecule has 5 heteroatoms. The highest BCUT2D eigenvalue weighted by molar-refractivity contribution is 5.99. The second-order valence-corrected chi connectivity index (χ2v) is 5.83. The summed E-state index contributed by atoms with van der Waals surface area (Å²) in [4.78, 5) is 24.4. The Kier molecular flexibility index (Phi) is 4.79. The van der Waals surface area contributed by atoms with Crippen LogP contribution in [0.4, 0.5) is 5.69 Å². The molecule has 0 aromatic heterocycles. The van der Waals surface area contributed by atoms with Crippen molar-refractivity contribution in [2.45, 2.75) is 13.0 Å². The molecule has 1 fully saturated rings. The average molecular weight is 324 g/mol. The van der Waals surface area contributed by atoms with Gasteiger partial charge in [0, 0.05) is 17.8 Å². The molecule has 5 nitrogen and oxygen atoms in total. The van der Waals surface area contributed by atoms with Crippen molar-refractivity contribution in [1.82, 2.24) is 5.32 Å². The molecule has 2 atom stereocenters. The molecule has 3 rings (SSSR count). The Morgan fingerprint density at radius 3 is 2.42 bits per heavy atom. The number of nitrogens with one attached hydrogen (secondary N) is 2. The number of carbonyl (C=O) groups excluding carboxylic acids is 2. The number of methoxy groups -OCH3 is 1. The second kappa shape index (κ2) is 7.17. The summed E-state index contributed by atoms with van der Waals surface area (Å²) in [5, 5.41) is 5.73. The first kappa shape index (κ1) is 16.1. The van der Waals surface area contributed by atoms with E-state index in [0.29, 0.717) is 13.0 Å². The van der Waals surface area contributed by atoms with Gasteiger partial charge in [0.25, 0.3) is 0 Å². The topological polar surface area (TPSA) is 67.4 Å². The lowest BCUT2D eigenvalue weighted by molar-refractivity contribution is -0.125. The van der Waals surface area contributed by atoms with Crippen LogP contribution in [0.3, 0.4) is 0 Å². The molecule has 2 aromatic rings. The van der Waals surface area contributed by atoms with Crippen molar-refractivity contribution in [3.63, 3.8) is 0 Å². The lowest BCUT2D eigenvalue weighted by atomic mass is 10.2. The molecule has 2 amide bonds. The van der Waals surface area contributed by atoms with Crippen LogP contribution in [0, 0.1) is 11.8 Å². The van der Waals surface area contributed by atoms with Crippen LogP contribution in [-0.2, 0) is 16.1 Å². The van der Waals surface area contributed by atoms with Gasteiger partial charge in [0.2, 0.25) is 11.8 Å². The number of amides is 2. The van der Waals surface area contributed by atoms with Crippen LogP contribution in [0.25, 0.3) is 0 Å². The van der Waals surface area contributed by atoms with E-state index in [1.165, 1.54) is 0 Å². The first-order chi connectivity index (χ1) is 11.7. The molecule has 0 aliphatic heterocycles. The minimum Gasteiger partial charge on any atom is -0.496 e. The predicted octanol–water partition coefficient (Wildman–Crippen LogP) is 2.59. The smallest absolute Gasteiger partial charge is 0.228 e. The number of hydrogen-bond acceptors (Lipinski definition) is 3. The van der Waals surface area contributed by atoms with Crippen molar-refractivity contribution in [2.75, 3.05) is 12.4 Å². The summed E-state index contributed by atoms with van der Waals surface area (Å²) in [6.07, 6.45) is 0.594. The molecular weight excluding hydrogens is 304 g/mol. The van der Waals surface area contributed by atoms with Gasteiger partial charge in [0.1, 0.15) is 5.75 Å². The van der Waals surface area contributed by atoms with E-state index < -0.39 is 0 Å². The fraction of sp³-hybridized carbons (Fsp3) is 0.263. The second-order valence-electron chi connectivity index (χ2n) is 5.83. The first-order valence-electron chi connectivity index (χ1n) is 7.94. The van der Waals surface area contributed by atoms with Crippen LogP contribution >= 0.6 is 0 Å². The highest BCUT2D eigenvalue weighted by Gasteiger charge is 2.47. The van der Waals surface area contributed by atoms with E-state index in [2.05, 4.69) is 10.6 Å². The Morgan fingerprint density at radius 2 is 1.67 bits per heavy atom. The van der Waals surface area contributed by atoms with Gasteiger partial charge in [-0.15, -0.1) is 0 Å². The molecule has 0 bridgehead atoms. The molecule has 2 unspecified atom stereocenters. The van der Waals surface area contributed by atoms with Gasteiger partial charge in [0.05, 0.1) is 18.9 Å². The molecule has 1 aliphatic carbocycles. The third-order valence-corrected chi connectivity index (χ3v) is 4.15. The number of hydrogen-bond donors (Lipinski definition) is 2. The van der Waals surface area contributed by atoms with Crippen molar-refractivity contribution in [1.29, 1.82) is 0 Å². The minimum atomic E-state index is -0.247. The van der Waals surface area contributed by atoms with Gasteiger partial charge in [0.15, 0.2) is 0 Å². The zero-order chi connectivity index (χ0) is 16.9. The Balaban J connectivity index is 1.50. The molecule has 24 heavy (non-hydrogen) atoms. The van der Waals surface area contributed by atoms with E-state index in [1.807, 2.05) is 54.6 Å². The largest absolute Gasteiger partial charge is 0.496 e. The number of rotatable bonds is 6. The summed E-state index contributed by atoms with van der Waals surface area (Å²) >= 11 is 0. The Labute approximate surface area is 141 Å². The van der Waals surface area contributed by atoms with Gasteiger partial charge < -0.3 is 15.4 Å². The molecule has 2 aromatic carbocycles. The minimum absolute atomic E-state index is 0.0888. The van der Waals surface area contributed by atoms with Gasteiger partial charge in [-0.25, -0.2) is 0 Å². The SMILES string of the molecule is COc1ccccc1CNC(=O)C1CC1C(=O)Nc1ccccc1. The fourth-order valence-corrected chi connectivity index (χ4v) is 2.69. The lowest BCUT2D eigenvalue weighted by Gasteiger charge is -2.09. The van der Waals surface area contributed by atoms with E-state index in [0.717, 1.165) is 17.0 Å². The predicted molar refractivity (Wildman–Crippen MR) is 91.5 cm³/mol. The van der Waals surface area contributed by atoms with Gasteiger partial charge in [-0.1, -0.05) is 36.4 Å². The number of ether oxygens (including phenoxy) is 1. The fourth-order valence-electron chi connectivity index (χ4n) is 2.69. The monoisotopic (exact) mass is 324 g/mol. The zero-order valence-corrected chi connectivity index (χ0v) is 13.5. The number of benzene rings is 2. The molecule has 0 saturated heterocycles. The summed E-state index contributed by atoms with van der Waals surface area (Å²) in [5.74, 6) is 0.0611. The summed E-state index contributed by atoms with van der Waals surface area (Å²) in [7, 11) is 1.60. The first-order valence-corrected chi connectivity index (χ1v) is 7.94. The van der Waals surface area contributed by atoms with E-state index in [9.17, 15) is 9.59 Å². The van der Waals surface area contributed by atoms with Crippen LogP contribution < -0.4 is 15.4 Å². The average Bonchev–Trinajstić information content (AvgIpc) is 3.42. The number of para-hydroxylation sites is 2. The zero-order valence-electron chi connectivity index (χ0n) is 13.5. The summed E-state index contributed by atoms with van der Waals surface area (Å²) < 4.78 is 5.26. The summed E-state index contributed by atoms with van der Waals surface area (Å²) in [6.45, 7) is 0.395. The molecule has 124 valence electrons. The number of carbonyl (C=O) groups is 2. The molecule has 1 saturated carbocycles. The molecule has 2 N–H and O–H groups in total. The van der Waals surface area contributed by atoms with Crippen LogP contribution in [0.2, 0.25) is 0 Å². The highest BCUT2D eigenvalue weighted by Crippen LogP contribution is 2.39. The van der Waals surface area contributed by atoms with Crippen molar-refractivity contribution in [3.8, 4) is 5.75 Å². The van der Waals surface area contributed by atoms with E-state index in [-0.39, 0.29) is 23.7 Å².